The molecule has 0 amide bonds. The van der Waals surface area contributed by atoms with E-state index < -0.39 is 0 Å². The Kier molecular flexibility index (Phi) is 7.87. The van der Waals surface area contributed by atoms with Gasteiger partial charge in [-0.2, -0.15) is 5.26 Å². The van der Waals surface area contributed by atoms with E-state index in [0.29, 0.717) is 6.61 Å². The minimum atomic E-state index is -0.0818. The lowest BCUT2D eigenvalue weighted by Gasteiger charge is -2.10. The third-order valence-electron chi connectivity index (χ3n) is 2.73. The van der Waals surface area contributed by atoms with E-state index in [4.69, 9.17) is 10.00 Å². The highest BCUT2D eigenvalue weighted by Crippen LogP contribution is 2.00. The average Bonchev–Trinajstić information content (AvgIpc) is 2.43. The van der Waals surface area contributed by atoms with Crippen molar-refractivity contribution in [2.24, 2.45) is 0 Å². The van der Waals surface area contributed by atoms with Gasteiger partial charge in [0.25, 0.3) is 0 Å². The minimum Gasteiger partial charge on any atom is -0.381 e. The fourth-order valence-electron chi connectivity index (χ4n) is 1.67. The molecule has 0 fully saturated rings. The second-order valence-electron chi connectivity index (χ2n) is 4.27. The van der Waals surface area contributed by atoms with Crippen molar-refractivity contribution in [1.82, 2.24) is 5.32 Å². The molecule has 0 aliphatic rings. The van der Waals surface area contributed by atoms with Crippen LogP contribution in [-0.2, 0) is 11.2 Å². The zero-order valence-corrected chi connectivity index (χ0v) is 11.1. The Morgan fingerprint density at radius 1 is 1.28 bits per heavy atom. The molecular weight excluding hydrogens is 224 g/mol. The molecule has 18 heavy (non-hydrogen) atoms. The number of nitriles is 1. The van der Waals surface area contributed by atoms with Crippen molar-refractivity contribution in [1.29, 1.82) is 5.26 Å². The van der Waals surface area contributed by atoms with E-state index in [1.807, 2.05) is 18.2 Å². The predicted octanol–water partition coefficient (Wildman–Crippen LogP) is 2.53. The molecule has 0 saturated carbocycles. The van der Waals surface area contributed by atoms with Crippen LogP contribution in [0.5, 0.6) is 0 Å². The molecule has 3 heteroatoms. The normalized spacial score (nSPS) is 12.0. The molecule has 0 spiro atoms. The second-order valence-corrected chi connectivity index (χ2v) is 4.27. The van der Waals surface area contributed by atoms with Crippen LogP contribution in [0.3, 0.4) is 0 Å². The number of benzene rings is 1. The molecule has 0 bridgehead atoms. The summed E-state index contributed by atoms with van der Waals surface area (Å²) in [5, 5.41) is 12.1. The van der Waals surface area contributed by atoms with Crippen LogP contribution in [0.2, 0.25) is 0 Å². The summed E-state index contributed by atoms with van der Waals surface area (Å²) in [6.45, 7) is 4.34. The SMILES string of the molecule is CCCNC(C#N)CCOCCc1ccccc1. The summed E-state index contributed by atoms with van der Waals surface area (Å²) >= 11 is 0. The van der Waals surface area contributed by atoms with E-state index in [1.54, 1.807) is 0 Å². The summed E-state index contributed by atoms with van der Waals surface area (Å²) in [7, 11) is 0. The molecule has 0 aliphatic carbocycles. The zero-order chi connectivity index (χ0) is 13.1. The quantitative estimate of drug-likeness (QED) is 0.681. The van der Waals surface area contributed by atoms with Gasteiger partial charge in [-0.05, 0) is 31.4 Å². The first-order valence-corrected chi connectivity index (χ1v) is 6.61. The first-order chi connectivity index (χ1) is 8.86. The second kappa shape index (κ2) is 9.64. The summed E-state index contributed by atoms with van der Waals surface area (Å²) < 4.78 is 5.56. The lowest BCUT2D eigenvalue weighted by atomic mass is 10.2. The maximum atomic E-state index is 8.92. The summed E-state index contributed by atoms with van der Waals surface area (Å²) in [5.74, 6) is 0. The van der Waals surface area contributed by atoms with Crippen LogP contribution >= 0.6 is 0 Å². The number of hydrogen-bond donors (Lipinski definition) is 1. The van der Waals surface area contributed by atoms with Crippen molar-refractivity contribution < 1.29 is 4.74 Å². The highest BCUT2D eigenvalue weighted by Gasteiger charge is 2.04. The molecule has 0 aromatic heterocycles. The highest BCUT2D eigenvalue weighted by atomic mass is 16.5. The molecule has 1 atom stereocenters. The molecule has 1 rings (SSSR count). The Balaban J connectivity index is 2.06. The van der Waals surface area contributed by atoms with Crippen LogP contribution in [0.4, 0.5) is 0 Å². The van der Waals surface area contributed by atoms with Gasteiger partial charge >= 0.3 is 0 Å². The first kappa shape index (κ1) is 14.7. The minimum absolute atomic E-state index is 0.0818. The topological polar surface area (TPSA) is 45.0 Å². The number of nitrogens with one attached hydrogen (secondary N) is 1. The Bertz CT molecular complexity index is 345. The molecule has 1 aromatic carbocycles. The first-order valence-electron chi connectivity index (χ1n) is 6.61. The Labute approximate surface area is 110 Å². The largest absolute Gasteiger partial charge is 0.381 e. The van der Waals surface area contributed by atoms with E-state index in [1.165, 1.54) is 5.56 Å². The maximum Gasteiger partial charge on any atom is 0.0975 e. The molecule has 0 aliphatic heterocycles. The number of hydrogen-bond acceptors (Lipinski definition) is 3. The van der Waals surface area contributed by atoms with Gasteiger partial charge in [0.2, 0.25) is 0 Å². The smallest absolute Gasteiger partial charge is 0.0975 e. The third kappa shape index (κ3) is 6.39. The molecule has 0 heterocycles. The van der Waals surface area contributed by atoms with Crippen LogP contribution in [-0.4, -0.2) is 25.8 Å². The van der Waals surface area contributed by atoms with Crippen LogP contribution < -0.4 is 5.32 Å². The predicted molar refractivity (Wildman–Crippen MR) is 73.3 cm³/mol. The van der Waals surface area contributed by atoms with Crippen molar-refractivity contribution in [3.63, 3.8) is 0 Å². The van der Waals surface area contributed by atoms with Gasteiger partial charge in [0.15, 0.2) is 0 Å². The van der Waals surface area contributed by atoms with Gasteiger partial charge in [0.1, 0.15) is 0 Å². The van der Waals surface area contributed by atoms with Gasteiger partial charge < -0.3 is 10.1 Å². The van der Waals surface area contributed by atoms with Gasteiger partial charge in [0.05, 0.1) is 18.7 Å². The van der Waals surface area contributed by atoms with E-state index in [-0.39, 0.29) is 6.04 Å². The van der Waals surface area contributed by atoms with E-state index in [0.717, 1.165) is 32.4 Å². The fourth-order valence-corrected chi connectivity index (χ4v) is 1.67. The fraction of sp³-hybridized carbons (Fsp3) is 0.533. The third-order valence-corrected chi connectivity index (χ3v) is 2.73. The van der Waals surface area contributed by atoms with Crippen molar-refractivity contribution in [2.75, 3.05) is 19.8 Å². The van der Waals surface area contributed by atoms with Crippen LogP contribution in [0, 0.1) is 11.3 Å². The van der Waals surface area contributed by atoms with E-state index >= 15 is 0 Å². The molecule has 0 radical (unpaired) electrons. The Hall–Kier alpha value is -1.37. The van der Waals surface area contributed by atoms with E-state index in [2.05, 4.69) is 30.4 Å². The number of nitrogens with zero attached hydrogens (tertiary/aromatic N) is 1. The molecule has 1 N–H and O–H groups in total. The molecule has 98 valence electrons. The molecular formula is C15H22N2O. The summed E-state index contributed by atoms with van der Waals surface area (Å²) in [6.07, 6.45) is 2.73. The van der Waals surface area contributed by atoms with E-state index in [9.17, 15) is 0 Å². The number of ether oxygens (including phenoxy) is 1. The maximum absolute atomic E-state index is 8.92. The highest BCUT2D eigenvalue weighted by molar-refractivity contribution is 5.14. The zero-order valence-electron chi connectivity index (χ0n) is 11.1. The lowest BCUT2D eigenvalue weighted by Crippen LogP contribution is -2.29. The molecule has 0 saturated heterocycles. The van der Waals surface area contributed by atoms with Crippen LogP contribution in [0.1, 0.15) is 25.3 Å². The van der Waals surface area contributed by atoms with Gasteiger partial charge in [-0.15, -0.1) is 0 Å². The molecule has 3 nitrogen and oxygen atoms in total. The van der Waals surface area contributed by atoms with Crippen molar-refractivity contribution >= 4 is 0 Å². The lowest BCUT2D eigenvalue weighted by molar-refractivity contribution is 0.130. The Morgan fingerprint density at radius 2 is 2.06 bits per heavy atom. The summed E-state index contributed by atoms with van der Waals surface area (Å²) in [6, 6.07) is 12.5. The molecule has 1 unspecified atom stereocenters. The average molecular weight is 246 g/mol. The van der Waals surface area contributed by atoms with Gasteiger partial charge in [-0.25, -0.2) is 0 Å². The van der Waals surface area contributed by atoms with Crippen molar-refractivity contribution in [3.05, 3.63) is 35.9 Å². The van der Waals surface area contributed by atoms with Gasteiger partial charge in [-0.1, -0.05) is 37.3 Å². The summed E-state index contributed by atoms with van der Waals surface area (Å²) in [5.41, 5.74) is 1.29. The van der Waals surface area contributed by atoms with Crippen molar-refractivity contribution in [3.8, 4) is 6.07 Å². The van der Waals surface area contributed by atoms with Gasteiger partial charge in [-0.3, -0.25) is 0 Å². The standard InChI is InChI=1S/C15H22N2O/c1-2-10-17-15(13-16)9-12-18-11-8-14-6-4-3-5-7-14/h3-7,15,17H,2,8-12H2,1H3. The monoisotopic (exact) mass is 246 g/mol. The van der Waals surface area contributed by atoms with Gasteiger partial charge in [0, 0.05) is 6.61 Å². The number of rotatable bonds is 9. The van der Waals surface area contributed by atoms with Crippen LogP contribution in [0.15, 0.2) is 30.3 Å². The summed E-state index contributed by atoms with van der Waals surface area (Å²) in [4.78, 5) is 0. The molecule has 1 aromatic rings. The van der Waals surface area contributed by atoms with Crippen LogP contribution in [0.25, 0.3) is 0 Å². The van der Waals surface area contributed by atoms with Crippen molar-refractivity contribution in [2.45, 2.75) is 32.2 Å². The Morgan fingerprint density at radius 3 is 2.72 bits per heavy atom.